The third kappa shape index (κ3) is 2.93. The van der Waals surface area contributed by atoms with E-state index in [0.717, 1.165) is 18.5 Å². The summed E-state index contributed by atoms with van der Waals surface area (Å²) >= 11 is 0. The van der Waals surface area contributed by atoms with Crippen LogP contribution < -0.4 is 10.1 Å². The van der Waals surface area contributed by atoms with Crippen molar-refractivity contribution in [2.24, 2.45) is 0 Å². The molecule has 2 unspecified atom stereocenters. The number of methoxy groups -OCH3 is 2. The molecular formula is C14H20FNO2. The van der Waals surface area contributed by atoms with Gasteiger partial charge in [-0.1, -0.05) is 12.8 Å². The van der Waals surface area contributed by atoms with Crippen molar-refractivity contribution in [3.8, 4) is 5.75 Å². The van der Waals surface area contributed by atoms with Crippen LogP contribution in [0.2, 0.25) is 0 Å². The lowest BCUT2D eigenvalue weighted by Crippen LogP contribution is -2.37. The molecule has 2 atom stereocenters. The summed E-state index contributed by atoms with van der Waals surface area (Å²) in [5.41, 5.74) is 0.827. The number of hydrogen-bond donors (Lipinski definition) is 1. The molecule has 2 rings (SSSR count). The summed E-state index contributed by atoms with van der Waals surface area (Å²) in [5, 5.41) is 3.41. The van der Waals surface area contributed by atoms with Crippen molar-refractivity contribution in [3.63, 3.8) is 0 Å². The lowest BCUT2D eigenvalue weighted by Gasteiger charge is -2.32. The van der Waals surface area contributed by atoms with Gasteiger partial charge in [0, 0.05) is 13.2 Å². The predicted octanol–water partition coefficient (Wildman–Crippen LogP) is 3.20. The Hall–Kier alpha value is -1.29. The molecule has 0 aromatic heterocycles. The standard InChI is InChI=1S/C14H20FNO2/c1-17-13-6-4-3-5-11(13)16-12-8-7-10(15)9-14(12)18-2/h7-9,11,13,16H,3-6H2,1-2H3. The van der Waals surface area contributed by atoms with Gasteiger partial charge in [-0.3, -0.25) is 0 Å². The van der Waals surface area contributed by atoms with Crippen LogP contribution in [-0.2, 0) is 4.74 Å². The lowest BCUT2D eigenvalue weighted by atomic mass is 9.92. The molecule has 0 amide bonds. The summed E-state index contributed by atoms with van der Waals surface area (Å²) in [7, 11) is 3.29. The van der Waals surface area contributed by atoms with Crippen LogP contribution in [0.15, 0.2) is 18.2 Å². The SMILES string of the molecule is COc1cc(F)ccc1NC1CCCCC1OC. The van der Waals surface area contributed by atoms with E-state index in [1.54, 1.807) is 20.3 Å². The molecule has 0 aliphatic heterocycles. The second kappa shape index (κ2) is 6.05. The quantitative estimate of drug-likeness (QED) is 0.893. The van der Waals surface area contributed by atoms with E-state index in [1.807, 2.05) is 0 Å². The van der Waals surface area contributed by atoms with Crippen molar-refractivity contribution >= 4 is 5.69 Å². The first-order valence-electron chi connectivity index (χ1n) is 6.37. The van der Waals surface area contributed by atoms with Crippen LogP contribution in [-0.4, -0.2) is 26.4 Å². The smallest absolute Gasteiger partial charge is 0.144 e. The van der Waals surface area contributed by atoms with Crippen LogP contribution in [0.3, 0.4) is 0 Å². The monoisotopic (exact) mass is 253 g/mol. The van der Waals surface area contributed by atoms with Crippen LogP contribution in [0.4, 0.5) is 10.1 Å². The summed E-state index contributed by atoms with van der Waals surface area (Å²) in [5.74, 6) is 0.250. The third-order valence-electron chi connectivity index (χ3n) is 3.51. The normalized spacial score (nSPS) is 23.7. The van der Waals surface area contributed by atoms with E-state index < -0.39 is 0 Å². The Balaban J connectivity index is 2.12. The topological polar surface area (TPSA) is 30.5 Å². The average Bonchev–Trinajstić information content (AvgIpc) is 2.41. The van der Waals surface area contributed by atoms with Crippen LogP contribution in [0.25, 0.3) is 0 Å². The molecule has 1 aliphatic rings. The van der Waals surface area contributed by atoms with Crippen LogP contribution in [0.5, 0.6) is 5.75 Å². The molecule has 18 heavy (non-hydrogen) atoms. The third-order valence-corrected chi connectivity index (χ3v) is 3.51. The van der Waals surface area contributed by atoms with Gasteiger partial charge in [-0.25, -0.2) is 4.39 Å². The Morgan fingerprint density at radius 2 is 2.00 bits per heavy atom. The van der Waals surface area contributed by atoms with Gasteiger partial charge in [0.1, 0.15) is 11.6 Å². The molecule has 0 saturated heterocycles. The Labute approximate surface area is 107 Å². The minimum absolute atomic E-state index is 0.216. The summed E-state index contributed by atoms with van der Waals surface area (Å²) in [4.78, 5) is 0. The van der Waals surface area contributed by atoms with E-state index in [4.69, 9.17) is 9.47 Å². The van der Waals surface area contributed by atoms with Crippen LogP contribution in [0, 0.1) is 5.82 Å². The number of nitrogens with one attached hydrogen (secondary N) is 1. The van der Waals surface area contributed by atoms with Crippen molar-refractivity contribution in [1.29, 1.82) is 0 Å². The highest BCUT2D eigenvalue weighted by Crippen LogP contribution is 2.29. The van der Waals surface area contributed by atoms with E-state index in [9.17, 15) is 4.39 Å². The first-order chi connectivity index (χ1) is 8.74. The molecule has 1 fully saturated rings. The number of benzene rings is 1. The second-order valence-electron chi connectivity index (χ2n) is 4.65. The zero-order chi connectivity index (χ0) is 13.0. The van der Waals surface area contributed by atoms with Crippen LogP contribution >= 0.6 is 0 Å². The van der Waals surface area contributed by atoms with Gasteiger partial charge in [-0.2, -0.15) is 0 Å². The number of anilines is 1. The number of ether oxygens (including phenoxy) is 2. The molecule has 1 aromatic carbocycles. The molecule has 1 aliphatic carbocycles. The zero-order valence-electron chi connectivity index (χ0n) is 10.9. The summed E-state index contributed by atoms with van der Waals surface area (Å²) in [6, 6.07) is 4.82. The highest BCUT2D eigenvalue weighted by molar-refractivity contribution is 5.57. The number of halogens is 1. The summed E-state index contributed by atoms with van der Waals surface area (Å²) in [6.45, 7) is 0. The first kappa shape index (κ1) is 13.1. The molecule has 0 heterocycles. The van der Waals surface area contributed by atoms with E-state index in [0.29, 0.717) is 5.75 Å². The van der Waals surface area contributed by atoms with Gasteiger partial charge in [0.2, 0.25) is 0 Å². The fourth-order valence-electron chi connectivity index (χ4n) is 2.53. The van der Waals surface area contributed by atoms with Gasteiger partial charge < -0.3 is 14.8 Å². The van der Waals surface area contributed by atoms with E-state index in [1.165, 1.54) is 25.0 Å². The lowest BCUT2D eigenvalue weighted by molar-refractivity contribution is 0.0605. The number of hydrogen-bond acceptors (Lipinski definition) is 3. The van der Waals surface area contributed by atoms with Gasteiger partial charge in [0.25, 0.3) is 0 Å². The van der Waals surface area contributed by atoms with Gasteiger partial charge in [-0.15, -0.1) is 0 Å². The van der Waals surface area contributed by atoms with Crippen molar-refractivity contribution in [2.75, 3.05) is 19.5 Å². The first-order valence-corrected chi connectivity index (χ1v) is 6.37. The van der Waals surface area contributed by atoms with Crippen molar-refractivity contribution in [1.82, 2.24) is 0 Å². The Bertz CT molecular complexity index is 397. The van der Waals surface area contributed by atoms with E-state index in [-0.39, 0.29) is 18.0 Å². The zero-order valence-corrected chi connectivity index (χ0v) is 10.9. The fraction of sp³-hybridized carbons (Fsp3) is 0.571. The molecule has 3 nitrogen and oxygen atoms in total. The molecule has 1 saturated carbocycles. The maximum atomic E-state index is 13.1. The summed E-state index contributed by atoms with van der Waals surface area (Å²) < 4.78 is 23.8. The molecule has 0 bridgehead atoms. The Kier molecular flexibility index (Phi) is 4.42. The molecule has 0 radical (unpaired) electrons. The van der Waals surface area contributed by atoms with Gasteiger partial charge in [0.05, 0.1) is 24.9 Å². The summed E-state index contributed by atoms with van der Waals surface area (Å²) in [6.07, 6.45) is 4.75. The van der Waals surface area contributed by atoms with Crippen molar-refractivity contribution < 1.29 is 13.9 Å². The Morgan fingerprint density at radius 3 is 2.72 bits per heavy atom. The second-order valence-corrected chi connectivity index (χ2v) is 4.65. The van der Waals surface area contributed by atoms with Gasteiger partial charge in [0.15, 0.2) is 0 Å². The largest absolute Gasteiger partial charge is 0.494 e. The predicted molar refractivity (Wildman–Crippen MR) is 69.6 cm³/mol. The molecule has 1 aromatic rings. The highest BCUT2D eigenvalue weighted by atomic mass is 19.1. The minimum atomic E-state index is -0.288. The number of rotatable bonds is 4. The Morgan fingerprint density at radius 1 is 1.22 bits per heavy atom. The average molecular weight is 253 g/mol. The van der Waals surface area contributed by atoms with Crippen molar-refractivity contribution in [3.05, 3.63) is 24.0 Å². The molecule has 100 valence electrons. The van der Waals surface area contributed by atoms with E-state index in [2.05, 4.69) is 5.32 Å². The fourth-order valence-corrected chi connectivity index (χ4v) is 2.53. The van der Waals surface area contributed by atoms with Gasteiger partial charge in [-0.05, 0) is 25.0 Å². The van der Waals surface area contributed by atoms with Crippen molar-refractivity contribution in [2.45, 2.75) is 37.8 Å². The van der Waals surface area contributed by atoms with Crippen LogP contribution in [0.1, 0.15) is 25.7 Å². The highest BCUT2D eigenvalue weighted by Gasteiger charge is 2.25. The molecule has 1 N–H and O–H groups in total. The molecule has 4 heteroatoms. The molecular weight excluding hydrogens is 233 g/mol. The maximum Gasteiger partial charge on any atom is 0.144 e. The molecule has 0 spiro atoms. The minimum Gasteiger partial charge on any atom is -0.494 e. The maximum absolute atomic E-state index is 13.1. The van der Waals surface area contributed by atoms with Gasteiger partial charge >= 0.3 is 0 Å². The van der Waals surface area contributed by atoms with E-state index >= 15 is 0 Å².